The minimum atomic E-state index is -0.262. The number of benzene rings is 1. The lowest BCUT2D eigenvalue weighted by Gasteiger charge is -2.27. The van der Waals surface area contributed by atoms with Crippen molar-refractivity contribution in [3.63, 3.8) is 0 Å². The second-order valence-electron chi connectivity index (χ2n) is 7.84. The van der Waals surface area contributed by atoms with E-state index in [2.05, 4.69) is 15.2 Å². The molecule has 3 N–H and O–H groups in total. The van der Waals surface area contributed by atoms with Gasteiger partial charge in [0.2, 0.25) is 0 Å². The molecule has 3 aromatic rings. The van der Waals surface area contributed by atoms with Crippen molar-refractivity contribution in [1.29, 1.82) is 0 Å². The summed E-state index contributed by atoms with van der Waals surface area (Å²) in [7, 11) is 0. The van der Waals surface area contributed by atoms with Crippen LogP contribution in [0.1, 0.15) is 53.3 Å². The van der Waals surface area contributed by atoms with E-state index in [9.17, 15) is 14.7 Å². The van der Waals surface area contributed by atoms with Gasteiger partial charge in [0.05, 0.1) is 23.3 Å². The van der Waals surface area contributed by atoms with Gasteiger partial charge >= 0.3 is 5.69 Å². The molecule has 1 fully saturated rings. The zero-order valence-electron chi connectivity index (χ0n) is 15.5. The Balaban J connectivity index is 1.43. The number of aromatic amines is 2. The van der Waals surface area contributed by atoms with E-state index in [1.54, 1.807) is 22.9 Å². The Kier molecular flexibility index (Phi) is 4.08. The maximum absolute atomic E-state index is 13.0. The van der Waals surface area contributed by atoms with Gasteiger partial charge in [-0.1, -0.05) is 0 Å². The van der Waals surface area contributed by atoms with E-state index in [4.69, 9.17) is 0 Å². The fraction of sp³-hybridized carbons (Fsp3) is 0.450. The van der Waals surface area contributed by atoms with E-state index >= 15 is 0 Å². The monoisotopic (exact) mass is 381 g/mol. The first-order valence-electron chi connectivity index (χ1n) is 9.83. The number of carbonyl (C=O) groups excluding carboxylic acids is 1. The lowest BCUT2D eigenvalue weighted by molar-refractivity contribution is 0.0734. The number of amides is 1. The van der Waals surface area contributed by atoms with Gasteiger partial charge in [0.25, 0.3) is 5.91 Å². The SMILES string of the molecule is O=C(c1ccc2c(c1)[nH]c(=O)n2C1CCC(O)CC1)N1CCc2[nH]ncc2C1. The third kappa shape index (κ3) is 2.84. The fourth-order valence-corrected chi connectivity index (χ4v) is 4.52. The Morgan fingerprint density at radius 3 is 2.86 bits per heavy atom. The molecule has 0 bridgehead atoms. The number of aliphatic hydroxyl groups excluding tert-OH is 1. The van der Waals surface area contributed by atoms with Crippen LogP contribution in [0.25, 0.3) is 11.0 Å². The Morgan fingerprint density at radius 2 is 2.04 bits per heavy atom. The Labute approximate surface area is 161 Å². The van der Waals surface area contributed by atoms with E-state index in [1.165, 1.54) is 0 Å². The van der Waals surface area contributed by atoms with Crippen molar-refractivity contribution in [2.45, 2.75) is 50.8 Å². The molecule has 3 heterocycles. The number of carbonyl (C=O) groups is 1. The first-order chi connectivity index (χ1) is 13.6. The summed E-state index contributed by atoms with van der Waals surface area (Å²) >= 11 is 0. The van der Waals surface area contributed by atoms with Gasteiger partial charge in [-0.25, -0.2) is 4.79 Å². The van der Waals surface area contributed by atoms with Gasteiger partial charge in [0, 0.05) is 42.4 Å². The second-order valence-corrected chi connectivity index (χ2v) is 7.84. The smallest absolute Gasteiger partial charge is 0.326 e. The zero-order chi connectivity index (χ0) is 19.3. The molecule has 8 heteroatoms. The molecule has 1 amide bonds. The third-order valence-corrected chi connectivity index (χ3v) is 6.08. The number of hydrogen-bond donors (Lipinski definition) is 3. The summed E-state index contributed by atoms with van der Waals surface area (Å²) < 4.78 is 1.79. The van der Waals surface area contributed by atoms with Crippen LogP contribution in [0.2, 0.25) is 0 Å². The molecule has 8 nitrogen and oxygen atoms in total. The lowest BCUT2D eigenvalue weighted by atomic mass is 9.93. The van der Waals surface area contributed by atoms with Crippen LogP contribution in [0.15, 0.2) is 29.2 Å². The number of nitrogens with one attached hydrogen (secondary N) is 2. The molecule has 2 aliphatic rings. The summed E-state index contributed by atoms with van der Waals surface area (Å²) in [5.74, 6) is -0.0388. The maximum Gasteiger partial charge on any atom is 0.326 e. The largest absolute Gasteiger partial charge is 0.393 e. The predicted octanol–water partition coefficient (Wildman–Crippen LogP) is 1.73. The fourth-order valence-electron chi connectivity index (χ4n) is 4.52. The number of nitrogens with zero attached hydrogens (tertiary/aromatic N) is 3. The molecule has 5 rings (SSSR count). The van der Waals surface area contributed by atoms with Crippen molar-refractivity contribution in [2.24, 2.45) is 0 Å². The molecular formula is C20H23N5O3. The summed E-state index contributed by atoms with van der Waals surface area (Å²) in [6.45, 7) is 1.19. The van der Waals surface area contributed by atoms with Crippen LogP contribution < -0.4 is 5.69 Å². The third-order valence-electron chi connectivity index (χ3n) is 6.08. The Bertz CT molecular complexity index is 1090. The number of aromatic nitrogens is 4. The van der Waals surface area contributed by atoms with E-state index in [0.29, 0.717) is 37.0 Å². The molecule has 0 spiro atoms. The highest BCUT2D eigenvalue weighted by molar-refractivity contribution is 5.97. The standard InChI is InChI=1S/C20H23N5O3/c26-15-4-2-14(3-5-15)25-18-6-1-12(9-17(18)22-20(25)28)19(27)24-8-7-16-13(11-24)10-21-23-16/h1,6,9-10,14-15,26H,2-5,7-8,11H2,(H,21,23)(H,22,28). The molecule has 0 radical (unpaired) electrons. The predicted molar refractivity (Wildman–Crippen MR) is 103 cm³/mol. The molecule has 146 valence electrons. The van der Waals surface area contributed by atoms with E-state index < -0.39 is 0 Å². The first-order valence-corrected chi connectivity index (χ1v) is 9.83. The molecular weight excluding hydrogens is 358 g/mol. The van der Waals surface area contributed by atoms with Crippen molar-refractivity contribution in [3.05, 3.63) is 51.7 Å². The lowest BCUT2D eigenvalue weighted by Crippen LogP contribution is -2.35. The summed E-state index contributed by atoms with van der Waals surface area (Å²) in [4.78, 5) is 30.2. The highest BCUT2D eigenvalue weighted by Crippen LogP contribution is 2.30. The summed E-state index contributed by atoms with van der Waals surface area (Å²) in [5, 5.41) is 16.8. The van der Waals surface area contributed by atoms with Gasteiger partial charge < -0.3 is 15.0 Å². The van der Waals surface area contributed by atoms with Crippen molar-refractivity contribution in [2.75, 3.05) is 6.54 Å². The van der Waals surface area contributed by atoms with Crippen molar-refractivity contribution in [3.8, 4) is 0 Å². The molecule has 1 aliphatic heterocycles. The van der Waals surface area contributed by atoms with Gasteiger partial charge in [-0.2, -0.15) is 5.10 Å². The first kappa shape index (κ1) is 17.2. The number of H-pyrrole nitrogens is 2. The number of imidazole rings is 1. The molecule has 0 atom stereocenters. The average molecular weight is 381 g/mol. The van der Waals surface area contributed by atoms with Crippen molar-refractivity contribution in [1.82, 2.24) is 24.6 Å². The molecule has 1 aliphatic carbocycles. The molecule has 0 unspecified atom stereocenters. The van der Waals surface area contributed by atoms with E-state index in [1.807, 2.05) is 11.0 Å². The summed E-state index contributed by atoms with van der Waals surface area (Å²) in [5.41, 5.74) is 4.08. The second kappa shape index (κ2) is 6.63. The average Bonchev–Trinajstić information content (AvgIpc) is 3.30. The van der Waals surface area contributed by atoms with E-state index in [0.717, 1.165) is 36.0 Å². The molecule has 2 aromatic heterocycles. The molecule has 1 aromatic carbocycles. The van der Waals surface area contributed by atoms with Crippen LogP contribution in [0.5, 0.6) is 0 Å². The van der Waals surface area contributed by atoms with Crippen LogP contribution in [0, 0.1) is 0 Å². The number of rotatable bonds is 2. The Hall–Kier alpha value is -2.87. The molecule has 1 saturated carbocycles. The number of aliphatic hydroxyl groups is 1. The Morgan fingerprint density at radius 1 is 1.21 bits per heavy atom. The summed E-state index contributed by atoms with van der Waals surface area (Å²) in [6, 6.07) is 5.53. The highest BCUT2D eigenvalue weighted by atomic mass is 16.3. The van der Waals surface area contributed by atoms with Crippen LogP contribution in [-0.4, -0.2) is 48.3 Å². The number of hydrogen-bond acceptors (Lipinski definition) is 4. The van der Waals surface area contributed by atoms with Crippen LogP contribution in [-0.2, 0) is 13.0 Å². The van der Waals surface area contributed by atoms with Gasteiger partial charge in [-0.15, -0.1) is 0 Å². The van der Waals surface area contributed by atoms with Crippen LogP contribution in [0.4, 0.5) is 0 Å². The molecule has 28 heavy (non-hydrogen) atoms. The quantitative estimate of drug-likeness (QED) is 0.628. The highest BCUT2D eigenvalue weighted by Gasteiger charge is 2.26. The minimum Gasteiger partial charge on any atom is -0.393 e. The van der Waals surface area contributed by atoms with Gasteiger partial charge in [-0.3, -0.25) is 14.5 Å². The summed E-state index contributed by atoms with van der Waals surface area (Å²) in [6.07, 6.45) is 5.28. The van der Waals surface area contributed by atoms with E-state index in [-0.39, 0.29) is 23.7 Å². The van der Waals surface area contributed by atoms with Gasteiger partial charge in [0.15, 0.2) is 0 Å². The number of fused-ring (bicyclic) bond motifs is 2. The topological polar surface area (TPSA) is 107 Å². The van der Waals surface area contributed by atoms with Gasteiger partial charge in [0.1, 0.15) is 0 Å². The maximum atomic E-state index is 13.0. The zero-order valence-corrected chi connectivity index (χ0v) is 15.5. The normalized spacial score (nSPS) is 22.4. The van der Waals surface area contributed by atoms with Crippen molar-refractivity contribution < 1.29 is 9.90 Å². The van der Waals surface area contributed by atoms with Crippen LogP contribution >= 0.6 is 0 Å². The van der Waals surface area contributed by atoms with Crippen LogP contribution in [0.3, 0.4) is 0 Å². The van der Waals surface area contributed by atoms with Crippen molar-refractivity contribution >= 4 is 16.9 Å². The minimum absolute atomic E-state index is 0.0388. The van der Waals surface area contributed by atoms with Gasteiger partial charge in [-0.05, 0) is 43.9 Å². The molecule has 0 saturated heterocycles.